The number of hydrazine groups is 1. The summed E-state index contributed by atoms with van der Waals surface area (Å²) < 4.78 is 5.12. The number of rotatable bonds is 5. The number of pyridine rings is 1. The number of carbonyl (C=O) groups excluding carboxylic acids is 1. The molecule has 0 unspecified atom stereocenters. The Kier molecular flexibility index (Phi) is 5.05. The third kappa shape index (κ3) is 3.99. The van der Waals surface area contributed by atoms with Crippen LogP contribution in [0.1, 0.15) is 26.5 Å². The number of aryl methyl sites for hydroxylation is 3. The van der Waals surface area contributed by atoms with Crippen LogP contribution in [0, 0.1) is 20.8 Å². The molecule has 8 nitrogen and oxygen atoms in total. The highest BCUT2D eigenvalue weighted by molar-refractivity contribution is 7.17. The normalized spacial score (nSPS) is 10.7. The number of thiazole rings is 1. The van der Waals surface area contributed by atoms with Crippen LogP contribution in [-0.2, 0) is 0 Å². The van der Waals surface area contributed by atoms with Gasteiger partial charge in [-0.05, 0) is 38.5 Å². The lowest BCUT2D eigenvalue weighted by Crippen LogP contribution is -2.29. The molecule has 0 bridgehead atoms. The average Bonchev–Trinajstić information content (AvgIpc) is 3.34. The summed E-state index contributed by atoms with van der Waals surface area (Å²) in [6, 6.07) is 9.79. The van der Waals surface area contributed by atoms with Crippen LogP contribution < -0.4 is 10.9 Å². The Morgan fingerprint density at radius 3 is 2.62 bits per heavy atom. The standard InChI is InChI=1S/C20H18N6O2S/c1-11-4-5-15(12(2)10-11)19-22-13(3)16(29-19)18(27)24-25-20-23-17(26-28-20)14-6-8-21-9-7-14/h4-10H,1-3H3,(H,24,27)(H,23,25,26). The van der Waals surface area contributed by atoms with Gasteiger partial charge in [-0.1, -0.05) is 28.9 Å². The van der Waals surface area contributed by atoms with E-state index in [-0.39, 0.29) is 11.9 Å². The van der Waals surface area contributed by atoms with Gasteiger partial charge in [-0.15, -0.1) is 11.3 Å². The second-order valence-electron chi connectivity index (χ2n) is 6.49. The number of hydrogen-bond acceptors (Lipinski definition) is 8. The molecular weight excluding hydrogens is 388 g/mol. The monoisotopic (exact) mass is 406 g/mol. The molecule has 0 aliphatic heterocycles. The molecule has 9 heteroatoms. The molecule has 146 valence electrons. The highest BCUT2D eigenvalue weighted by atomic mass is 32.1. The molecule has 4 rings (SSSR count). The molecule has 4 aromatic rings. The predicted molar refractivity (Wildman–Crippen MR) is 110 cm³/mol. The van der Waals surface area contributed by atoms with Gasteiger partial charge < -0.3 is 4.52 Å². The second-order valence-corrected chi connectivity index (χ2v) is 7.49. The molecule has 1 amide bonds. The molecule has 0 fully saturated rings. The fraction of sp³-hybridized carbons (Fsp3) is 0.150. The zero-order chi connectivity index (χ0) is 20.4. The van der Waals surface area contributed by atoms with Crippen LogP contribution in [0.15, 0.2) is 47.2 Å². The van der Waals surface area contributed by atoms with E-state index in [0.717, 1.165) is 21.7 Å². The molecule has 0 spiro atoms. The van der Waals surface area contributed by atoms with Gasteiger partial charge in [-0.2, -0.15) is 4.98 Å². The van der Waals surface area contributed by atoms with Gasteiger partial charge in [0, 0.05) is 23.5 Å². The minimum absolute atomic E-state index is 0.0851. The van der Waals surface area contributed by atoms with E-state index in [4.69, 9.17) is 4.52 Å². The van der Waals surface area contributed by atoms with Crippen molar-refractivity contribution in [3.05, 3.63) is 64.4 Å². The maximum atomic E-state index is 12.6. The highest BCUT2D eigenvalue weighted by Crippen LogP contribution is 2.30. The van der Waals surface area contributed by atoms with Crippen molar-refractivity contribution in [3.63, 3.8) is 0 Å². The fourth-order valence-electron chi connectivity index (χ4n) is 2.84. The van der Waals surface area contributed by atoms with Gasteiger partial charge in [-0.25, -0.2) is 10.4 Å². The zero-order valence-corrected chi connectivity index (χ0v) is 16.9. The smallest absolute Gasteiger partial charge is 0.313 e. The van der Waals surface area contributed by atoms with Crippen molar-refractivity contribution in [1.82, 2.24) is 25.5 Å². The van der Waals surface area contributed by atoms with Crippen molar-refractivity contribution in [3.8, 4) is 22.0 Å². The number of hydrogen-bond donors (Lipinski definition) is 2. The quantitative estimate of drug-likeness (QED) is 0.484. The lowest BCUT2D eigenvalue weighted by molar-refractivity contribution is 0.0964. The Morgan fingerprint density at radius 2 is 1.86 bits per heavy atom. The number of amides is 1. The summed E-state index contributed by atoms with van der Waals surface area (Å²) in [6.45, 7) is 5.90. The molecule has 0 atom stereocenters. The van der Waals surface area contributed by atoms with E-state index in [1.165, 1.54) is 16.9 Å². The molecule has 0 aliphatic rings. The topological polar surface area (TPSA) is 106 Å². The number of aromatic nitrogens is 4. The van der Waals surface area contributed by atoms with E-state index in [2.05, 4.69) is 37.0 Å². The first-order chi connectivity index (χ1) is 14.0. The van der Waals surface area contributed by atoms with E-state index < -0.39 is 0 Å². The molecule has 0 aliphatic carbocycles. The van der Waals surface area contributed by atoms with Crippen molar-refractivity contribution in [2.75, 3.05) is 5.43 Å². The van der Waals surface area contributed by atoms with Gasteiger partial charge >= 0.3 is 6.01 Å². The third-order valence-corrected chi connectivity index (χ3v) is 5.45. The maximum absolute atomic E-state index is 12.6. The Morgan fingerprint density at radius 1 is 1.07 bits per heavy atom. The first-order valence-corrected chi connectivity index (χ1v) is 9.68. The molecule has 3 aromatic heterocycles. The van der Waals surface area contributed by atoms with E-state index in [1.807, 2.05) is 32.9 Å². The predicted octanol–water partition coefficient (Wildman–Crippen LogP) is 3.94. The highest BCUT2D eigenvalue weighted by Gasteiger charge is 2.18. The summed E-state index contributed by atoms with van der Waals surface area (Å²) in [5.41, 5.74) is 9.99. The van der Waals surface area contributed by atoms with E-state index in [1.54, 1.807) is 24.5 Å². The van der Waals surface area contributed by atoms with Crippen LogP contribution in [0.5, 0.6) is 0 Å². The maximum Gasteiger partial charge on any atom is 0.340 e. The fourth-order valence-corrected chi connectivity index (χ4v) is 3.89. The van der Waals surface area contributed by atoms with Crippen LogP contribution in [0.3, 0.4) is 0 Å². The van der Waals surface area contributed by atoms with Gasteiger partial charge in [0.1, 0.15) is 9.88 Å². The summed E-state index contributed by atoms with van der Waals surface area (Å²) in [4.78, 5) is 25.8. The van der Waals surface area contributed by atoms with Crippen LogP contribution in [0.25, 0.3) is 22.0 Å². The Bertz CT molecular complexity index is 1170. The number of anilines is 1. The van der Waals surface area contributed by atoms with Gasteiger partial charge in [0.05, 0.1) is 5.69 Å². The lowest BCUT2D eigenvalue weighted by Gasteiger charge is -2.03. The lowest BCUT2D eigenvalue weighted by atomic mass is 10.1. The molecule has 1 aromatic carbocycles. The summed E-state index contributed by atoms with van der Waals surface area (Å²) in [6.07, 6.45) is 3.28. The molecular formula is C20H18N6O2S. The Hall–Kier alpha value is -3.59. The van der Waals surface area contributed by atoms with Crippen LogP contribution in [-0.4, -0.2) is 26.0 Å². The largest absolute Gasteiger partial charge is 0.340 e. The summed E-state index contributed by atoms with van der Waals surface area (Å²) >= 11 is 1.34. The molecule has 0 saturated carbocycles. The molecule has 0 radical (unpaired) electrons. The van der Waals surface area contributed by atoms with Crippen molar-refractivity contribution >= 4 is 23.3 Å². The van der Waals surface area contributed by atoms with Crippen molar-refractivity contribution in [2.24, 2.45) is 0 Å². The van der Waals surface area contributed by atoms with E-state index in [0.29, 0.717) is 16.4 Å². The SMILES string of the molecule is Cc1ccc(-c2nc(C)c(C(=O)NNc3nc(-c4ccncc4)no3)s2)c(C)c1. The summed E-state index contributed by atoms with van der Waals surface area (Å²) in [7, 11) is 0. The summed E-state index contributed by atoms with van der Waals surface area (Å²) in [5.74, 6) is 0.0786. The van der Waals surface area contributed by atoms with Crippen LogP contribution >= 0.6 is 11.3 Å². The van der Waals surface area contributed by atoms with E-state index in [9.17, 15) is 4.79 Å². The average molecular weight is 406 g/mol. The second kappa shape index (κ2) is 7.80. The van der Waals surface area contributed by atoms with Crippen LogP contribution in [0.4, 0.5) is 6.01 Å². The Balaban J connectivity index is 1.47. The first-order valence-electron chi connectivity index (χ1n) is 8.87. The molecule has 2 N–H and O–H groups in total. The Labute approximate surface area is 171 Å². The van der Waals surface area contributed by atoms with Crippen molar-refractivity contribution < 1.29 is 9.32 Å². The molecule has 0 saturated heterocycles. The van der Waals surface area contributed by atoms with E-state index >= 15 is 0 Å². The number of nitrogens with one attached hydrogen (secondary N) is 2. The van der Waals surface area contributed by atoms with Gasteiger partial charge in [0.25, 0.3) is 5.91 Å². The molecule has 3 heterocycles. The van der Waals surface area contributed by atoms with Gasteiger partial charge in [0.15, 0.2) is 0 Å². The molecule has 29 heavy (non-hydrogen) atoms. The van der Waals surface area contributed by atoms with Crippen molar-refractivity contribution in [1.29, 1.82) is 0 Å². The van der Waals surface area contributed by atoms with Crippen molar-refractivity contribution in [2.45, 2.75) is 20.8 Å². The number of benzene rings is 1. The third-order valence-electron chi connectivity index (χ3n) is 4.26. The minimum atomic E-state index is -0.320. The zero-order valence-electron chi connectivity index (χ0n) is 16.1. The van der Waals surface area contributed by atoms with Gasteiger partial charge in [0.2, 0.25) is 5.82 Å². The van der Waals surface area contributed by atoms with Crippen LogP contribution in [0.2, 0.25) is 0 Å². The first kappa shape index (κ1) is 18.8. The minimum Gasteiger partial charge on any atom is -0.313 e. The van der Waals surface area contributed by atoms with Gasteiger partial charge in [-0.3, -0.25) is 15.2 Å². The summed E-state index contributed by atoms with van der Waals surface area (Å²) in [5, 5.41) is 4.69. The number of carbonyl (C=O) groups is 1. The number of nitrogens with zero attached hydrogens (tertiary/aromatic N) is 4.